The van der Waals surface area contributed by atoms with E-state index in [1.54, 1.807) is 0 Å². The lowest BCUT2D eigenvalue weighted by atomic mass is 10.5. The van der Waals surface area contributed by atoms with Crippen LogP contribution in [0.15, 0.2) is 0 Å². The van der Waals surface area contributed by atoms with Crippen molar-refractivity contribution in [1.29, 1.82) is 0 Å². The van der Waals surface area contributed by atoms with Gasteiger partial charge in [-0.25, -0.2) is 0 Å². The number of esters is 2. The second-order valence-electron chi connectivity index (χ2n) is 3.00. The van der Waals surface area contributed by atoms with Crippen LogP contribution in [-0.4, -0.2) is 49.9 Å². The fourth-order valence-corrected chi connectivity index (χ4v) is 1.22. The molecule has 7 heteroatoms. The number of hydrogen-bond donors (Lipinski definition) is 2. The Labute approximate surface area is 112 Å². The van der Waals surface area contributed by atoms with Gasteiger partial charge in [-0.3, -0.25) is 9.59 Å². The Morgan fingerprint density at radius 1 is 0.765 bits per heavy atom. The number of thiol groups is 2. The number of carbonyl (C=O) groups excluding carboxylic acids is 2. The molecule has 0 rings (SSSR count). The summed E-state index contributed by atoms with van der Waals surface area (Å²) in [5.74, 6) is 0.370. The third-order valence-electron chi connectivity index (χ3n) is 1.61. The van der Waals surface area contributed by atoms with Crippen molar-refractivity contribution in [3.63, 3.8) is 0 Å². The zero-order valence-electron chi connectivity index (χ0n) is 9.59. The molecular formula is C10H18O5S2. The Balaban J connectivity index is 3.18. The van der Waals surface area contributed by atoms with Crippen LogP contribution >= 0.6 is 25.3 Å². The van der Waals surface area contributed by atoms with Crippen molar-refractivity contribution in [1.82, 2.24) is 0 Å². The third-order valence-corrected chi connectivity index (χ3v) is 2.06. The van der Waals surface area contributed by atoms with Crippen molar-refractivity contribution in [2.45, 2.75) is 12.8 Å². The van der Waals surface area contributed by atoms with Gasteiger partial charge in [-0.2, -0.15) is 25.3 Å². The van der Waals surface area contributed by atoms with E-state index in [0.29, 0.717) is 37.6 Å². The molecule has 0 heterocycles. The summed E-state index contributed by atoms with van der Waals surface area (Å²) in [6, 6.07) is 0. The standard InChI is InChI=1S/C10H18O5S2/c11-9(1-7-16)14-5-3-13-4-6-15-10(12)2-8-17/h16-17H,1-8H2. The van der Waals surface area contributed by atoms with Crippen molar-refractivity contribution < 1.29 is 23.8 Å². The van der Waals surface area contributed by atoms with Crippen molar-refractivity contribution >= 4 is 37.2 Å². The molecule has 0 fully saturated rings. The molecule has 0 aliphatic rings. The van der Waals surface area contributed by atoms with Crippen LogP contribution in [0.1, 0.15) is 12.8 Å². The molecular weight excluding hydrogens is 264 g/mol. The molecule has 0 saturated carbocycles. The zero-order chi connectivity index (χ0) is 12.9. The maximum atomic E-state index is 10.9. The molecule has 0 aliphatic carbocycles. The second-order valence-corrected chi connectivity index (χ2v) is 3.89. The van der Waals surface area contributed by atoms with Gasteiger partial charge in [-0.15, -0.1) is 0 Å². The van der Waals surface area contributed by atoms with Crippen LogP contribution in [0.3, 0.4) is 0 Å². The normalized spacial score (nSPS) is 10.0. The molecule has 0 radical (unpaired) electrons. The molecule has 0 spiro atoms. The van der Waals surface area contributed by atoms with Gasteiger partial charge in [0.25, 0.3) is 0 Å². The highest BCUT2D eigenvalue weighted by atomic mass is 32.1. The highest BCUT2D eigenvalue weighted by Gasteiger charge is 2.01. The smallest absolute Gasteiger partial charge is 0.306 e. The first-order valence-corrected chi connectivity index (χ1v) is 6.58. The minimum absolute atomic E-state index is 0.206. The summed E-state index contributed by atoms with van der Waals surface area (Å²) < 4.78 is 14.7. The highest BCUT2D eigenvalue weighted by Crippen LogP contribution is 1.91. The lowest BCUT2D eigenvalue weighted by Gasteiger charge is -2.06. The molecule has 0 bridgehead atoms. The molecule has 0 saturated heterocycles. The predicted octanol–water partition coefficient (Wildman–Crippen LogP) is 0.729. The quantitative estimate of drug-likeness (QED) is 0.351. The lowest BCUT2D eigenvalue weighted by Crippen LogP contribution is -2.14. The van der Waals surface area contributed by atoms with Gasteiger partial charge < -0.3 is 14.2 Å². The molecule has 0 aromatic carbocycles. The largest absolute Gasteiger partial charge is 0.463 e. The van der Waals surface area contributed by atoms with Crippen molar-refractivity contribution in [2.24, 2.45) is 0 Å². The van der Waals surface area contributed by atoms with Gasteiger partial charge in [0, 0.05) is 11.5 Å². The first kappa shape index (κ1) is 16.6. The minimum Gasteiger partial charge on any atom is -0.463 e. The van der Waals surface area contributed by atoms with E-state index < -0.39 is 0 Å². The molecule has 0 aliphatic heterocycles. The summed E-state index contributed by atoms with van der Waals surface area (Å²) >= 11 is 7.80. The van der Waals surface area contributed by atoms with Gasteiger partial charge in [0.1, 0.15) is 13.2 Å². The zero-order valence-corrected chi connectivity index (χ0v) is 11.4. The van der Waals surface area contributed by atoms with E-state index in [1.165, 1.54) is 0 Å². The highest BCUT2D eigenvalue weighted by molar-refractivity contribution is 7.80. The van der Waals surface area contributed by atoms with Crippen molar-refractivity contribution in [3.05, 3.63) is 0 Å². The number of hydrogen-bond acceptors (Lipinski definition) is 7. The molecule has 17 heavy (non-hydrogen) atoms. The first-order valence-electron chi connectivity index (χ1n) is 5.31. The average Bonchev–Trinajstić information content (AvgIpc) is 2.28. The number of rotatable bonds is 10. The summed E-state index contributed by atoms with van der Waals surface area (Å²) in [5.41, 5.74) is 0. The first-order chi connectivity index (χ1) is 8.20. The monoisotopic (exact) mass is 282 g/mol. The minimum atomic E-state index is -0.288. The van der Waals surface area contributed by atoms with Crippen LogP contribution in [-0.2, 0) is 23.8 Å². The fourth-order valence-electron chi connectivity index (χ4n) is 0.858. The van der Waals surface area contributed by atoms with Crippen LogP contribution in [0, 0.1) is 0 Å². The van der Waals surface area contributed by atoms with Gasteiger partial charge in [0.2, 0.25) is 0 Å². The van der Waals surface area contributed by atoms with E-state index in [-0.39, 0.29) is 25.2 Å². The third kappa shape index (κ3) is 11.9. The summed E-state index contributed by atoms with van der Waals surface area (Å²) in [6.07, 6.45) is 0.592. The fraction of sp³-hybridized carbons (Fsp3) is 0.800. The van der Waals surface area contributed by atoms with E-state index >= 15 is 0 Å². The molecule has 0 aromatic heterocycles. The molecule has 0 atom stereocenters. The predicted molar refractivity (Wildman–Crippen MR) is 69.7 cm³/mol. The van der Waals surface area contributed by atoms with Crippen LogP contribution in [0.2, 0.25) is 0 Å². The Morgan fingerprint density at radius 2 is 1.18 bits per heavy atom. The number of carbonyl (C=O) groups is 2. The maximum Gasteiger partial charge on any atom is 0.306 e. The summed E-state index contributed by atoms with van der Waals surface area (Å²) in [4.78, 5) is 21.8. The average molecular weight is 282 g/mol. The molecule has 100 valence electrons. The van der Waals surface area contributed by atoms with Gasteiger partial charge in [-0.05, 0) is 0 Å². The summed E-state index contributed by atoms with van der Waals surface area (Å²) in [6.45, 7) is 0.999. The van der Waals surface area contributed by atoms with Gasteiger partial charge in [-0.1, -0.05) is 0 Å². The second kappa shape index (κ2) is 12.1. The molecule has 0 unspecified atom stereocenters. The van der Waals surface area contributed by atoms with Gasteiger partial charge >= 0.3 is 11.9 Å². The van der Waals surface area contributed by atoms with Crippen LogP contribution in [0.4, 0.5) is 0 Å². The van der Waals surface area contributed by atoms with E-state index in [1.807, 2.05) is 0 Å². The molecule has 0 aromatic rings. The van der Waals surface area contributed by atoms with Gasteiger partial charge in [0.05, 0.1) is 26.1 Å². The van der Waals surface area contributed by atoms with Crippen LogP contribution < -0.4 is 0 Å². The molecule has 0 amide bonds. The Morgan fingerprint density at radius 3 is 1.53 bits per heavy atom. The van der Waals surface area contributed by atoms with Gasteiger partial charge in [0.15, 0.2) is 0 Å². The SMILES string of the molecule is O=C(CCS)OCCOCCOC(=O)CCS. The van der Waals surface area contributed by atoms with E-state index in [4.69, 9.17) is 14.2 Å². The Bertz CT molecular complexity index is 201. The van der Waals surface area contributed by atoms with E-state index in [0.717, 1.165) is 0 Å². The lowest BCUT2D eigenvalue weighted by molar-refractivity contribution is -0.146. The van der Waals surface area contributed by atoms with Crippen LogP contribution in [0.5, 0.6) is 0 Å². The van der Waals surface area contributed by atoms with Crippen molar-refractivity contribution in [3.8, 4) is 0 Å². The topological polar surface area (TPSA) is 61.8 Å². The summed E-state index contributed by atoms with van der Waals surface area (Å²) in [5, 5.41) is 0. The van der Waals surface area contributed by atoms with E-state index in [9.17, 15) is 9.59 Å². The Hall–Kier alpha value is -0.400. The summed E-state index contributed by atoms with van der Waals surface area (Å²) in [7, 11) is 0. The molecule has 5 nitrogen and oxygen atoms in total. The molecule has 0 N–H and O–H groups in total. The van der Waals surface area contributed by atoms with Crippen molar-refractivity contribution in [2.75, 3.05) is 37.9 Å². The van der Waals surface area contributed by atoms with E-state index in [2.05, 4.69) is 25.3 Å². The number of ether oxygens (including phenoxy) is 3. The maximum absolute atomic E-state index is 10.9. The Kier molecular flexibility index (Phi) is 11.8. The van der Waals surface area contributed by atoms with Crippen LogP contribution in [0.25, 0.3) is 0 Å².